The summed E-state index contributed by atoms with van der Waals surface area (Å²) in [5.74, 6) is 0. The maximum atomic E-state index is 12.4. The van der Waals surface area contributed by atoms with Crippen LogP contribution in [-0.2, 0) is 31.9 Å². The Morgan fingerprint density at radius 2 is 1.41 bits per heavy atom. The Hall–Kier alpha value is -2.38. The number of hydrogen-bond acceptors (Lipinski definition) is 5. The molecule has 0 fully saturated rings. The van der Waals surface area contributed by atoms with Crippen molar-refractivity contribution in [3.63, 3.8) is 0 Å². The lowest BCUT2D eigenvalue weighted by Gasteiger charge is -2.29. The lowest BCUT2D eigenvalue weighted by atomic mass is 9.96. The van der Waals surface area contributed by atoms with E-state index >= 15 is 0 Å². The van der Waals surface area contributed by atoms with Gasteiger partial charge in [-0.2, -0.15) is 8.42 Å². The van der Waals surface area contributed by atoms with Crippen molar-refractivity contribution >= 4 is 16.2 Å². The summed E-state index contributed by atoms with van der Waals surface area (Å²) in [6.45, 7) is 5.31. The van der Waals surface area contributed by atoms with Gasteiger partial charge in [-0.25, -0.2) is 4.79 Å². The van der Waals surface area contributed by atoms with Gasteiger partial charge in [0.05, 0.1) is 12.3 Å². The molecule has 0 aromatic heterocycles. The molecule has 6 nitrogen and oxygen atoms in total. The summed E-state index contributed by atoms with van der Waals surface area (Å²) in [6.07, 6.45) is 0.320. The van der Waals surface area contributed by atoms with E-state index in [0.29, 0.717) is 12.8 Å². The number of benzene rings is 2. The summed E-state index contributed by atoms with van der Waals surface area (Å²) in [6, 6.07) is 18.3. The Balaban J connectivity index is 2.31. The van der Waals surface area contributed by atoms with Crippen LogP contribution in [0, 0.1) is 0 Å². The fourth-order valence-corrected chi connectivity index (χ4v) is 3.57. The Morgan fingerprint density at radius 3 is 1.86 bits per heavy atom. The zero-order chi connectivity index (χ0) is 21.5. The van der Waals surface area contributed by atoms with Gasteiger partial charge in [0.25, 0.3) is 10.1 Å². The van der Waals surface area contributed by atoms with Crippen LogP contribution >= 0.6 is 0 Å². The Bertz CT molecular complexity index is 876. The predicted molar refractivity (Wildman–Crippen MR) is 113 cm³/mol. The molecular formula is C22H29NO5S. The van der Waals surface area contributed by atoms with Crippen molar-refractivity contribution in [2.45, 2.75) is 51.4 Å². The van der Waals surface area contributed by atoms with Gasteiger partial charge in [-0.1, -0.05) is 60.7 Å². The van der Waals surface area contributed by atoms with Gasteiger partial charge >= 0.3 is 6.09 Å². The van der Waals surface area contributed by atoms with E-state index < -0.39 is 34.0 Å². The molecule has 1 amide bonds. The highest BCUT2D eigenvalue weighted by Gasteiger charge is 2.30. The molecule has 7 heteroatoms. The van der Waals surface area contributed by atoms with Crippen molar-refractivity contribution in [3.05, 3.63) is 71.8 Å². The maximum absolute atomic E-state index is 12.4. The third-order valence-electron chi connectivity index (χ3n) is 4.03. The zero-order valence-corrected chi connectivity index (χ0v) is 18.1. The maximum Gasteiger partial charge on any atom is 0.407 e. The molecule has 0 aliphatic rings. The first-order valence-corrected chi connectivity index (χ1v) is 11.3. The smallest absolute Gasteiger partial charge is 0.407 e. The van der Waals surface area contributed by atoms with Crippen LogP contribution in [0.3, 0.4) is 0 Å². The van der Waals surface area contributed by atoms with E-state index in [1.807, 2.05) is 60.7 Å². The fourth-order valence-electron chi connectivity index (χ4n) is 2.92. The topological polar surface area (TPSA) is 81.7 Å². The molecule has 0 heterocycles. The molecule has 0 unspecified atom stereocenters. The molecule has 0 saturated carbocycles. The van der Waals surface area contributed by atoms with E-state index in [0.717, 1.165) is 17.4 Å². The van der Waals surface area contributed by atoms with E-state index in [4.69, 9.17) is 8.92 Å². The third kappa shape index (κ3) is 9.11. The molecule has 0 bridgehead atoms. The van der Waals surface area contributed by atoms with Crippen molar-refractivity contribution in [2.24, 2.45) is 0 Å². The standard InChI is InChI=1S/C22H29NO5S/c1-22(2,3)27-21(24)23-19(15-17-11-7-5-8-12-17)20(28-29(4,25)26)16-18-13-9-6-10-14-18/h5-14,19-20H,15-16H2,1-4H3,(H,23,24)/t19-,20-/m0/s1. The molecule has 2 aromatic rings. The molecule has 0 spiro atoms. The normalized spacial score (nSPS) is 14.1. The van der Waals surface area contributed by atoms with Crippen LogP contribution in [-0.4, -0.2) is 38.5 Å². The molecule has 0 radical (unpaired) electrons. The number of ether oxygens (including phenoxy) is 1. The molecular weight excluding hydrogens is 390 g/mol. The number of carbonyl (C=O) groups excluding carboxylic acids is 1. The molecule has 158 valence electrons. The number of nitrogens with one attached hydrogen (secondary N) is 1. The van der Waals surface area contributed by atoms with Crippen molar-refractivity contribution in [1.82, 2.24) is 5.32 Å². The second-order valence-electron chi connectivity index (χ2n) is 7.97. The van der Waals surface area contributed by atoms with Gasteiger partial charge < -0.3 is 10.1 Å². The van der Waals surface area contributed by atoms with Crippen molar-refractivity contribution < 1.29 is 22.1 Å². The van der Waals surface area contributed by atoms with Gasteiger partial charge in [0.15, 0.2) is 0 Å². The van der Waals surface area contributed by atoms with Gasteiger partial charge in [0.1, 0.15) is 11.7 Å². The number of rotatable bonds is 8. The molecule has 29 heavy (non-hydrogen) atoms. The van der Waals surface area contributed by atoms with Gasteiger partial charge in [-0.3, -0.25) is 4.18 Å². The highest BCUT2D eigenvalue weighted by Crippen LogP contribution is 2.17. The van der Waals surface area contributed by atoms with Crippen LogP contribution < -0.4 is 5.32 Å². The lowest BCUT2D eigenvalue weighted by Crippen LogP contribution is -2.49. The van der Waals surface area contributed by atoms with Crippen LogP contribution in [0.1, 0.15) is 31.9 Å². The van der Waals surface area contributed by atoms with Crippen LogP contribution in [0.4, 0.5) is 4.79 Å². The number of hydrogen-bond donors (Lipinski definition) is 1. The van der Waals surface area contributed by atoms with Crippen molar-refractivity contribution in [2.75, 3.05) is 6.26 Å². The average molecular weight is 420 g/mol. The van der Waals surface area contributed by atoms with Gasteiger partial charge in [-0.15, -0.1) is 0 Å². The van der Waals surface area contributed by atoms with Crippen LogP contribution in [0.15, 0.2) is 60.7 Å². The molecule has 2 aromatic carbocycles. The van der Waals surface area contributed by atoms with Crippen LogP contribution in [0.2, 0.25) is 0 Å². The number of carbonyl (C=O) groups is 1. The molecule has 1 N–H and O–H groups in total. The summed E-state index contributed by atoms with van der Waals surface area (Å²) < 4.78 is 34.7. The zero-order valence-electron chi connectivity index (χ0n) is 17.3. The largest absolute Gasteiger partial charge is 0.444 e. The monoisotopic (exact) mass is 419 g/mol. The second kappa shape index (κ2) is 9.89. The highest BCUT2D eigenvalue weighted by molar-refractivity contribution is 7.86. The molecule has 2 atom stereocenters. The minimum Gasteiger partial charge on any atom is -0.444 e. The predicted octanol–water partition coefficient (Wildman–Crippen LogP) is 3.71. The summed E-state index contributed by atoms with van der Waals surface area (Å²) in [7, 11) is -3.74. The molecule has 0 aliphatic heterocycles. The molecule has 0 saturated heterocycles. The first-order chi connectivity index (χ1) is 13.5. The van der Waals surface area contributed by atoms with E-state index in [-0.39, 0.29) is 0 Å². The van der Waals surface area contributed by atoms with E-state index in [2.05, 4.69) is 5.32 Å². The summed E-state index contributed by atoms with van der Waals surface area (Å²) >= 11 is 0. The average Bonchev–Trinajstić information content (AvgIpc) is 2.60. The quantitative estimate of drug-likeness (QED) is 0.660. The van der Waals surface area contributed by atoms with E-state index in [1.165, 1.54) is 0 Å². The van der Waals surface area contributed by atoms with Crippen LogP contribution in [0.5, 0.6) is 0 Å². The lowest BCUT2D eigenvalue weighted by molar-refractivity contribution is 0.0447. The third-order valence-corrected chi connectivity index (χ3v) is 4.62. The minimum absolute atomic E-state index is 0.321. The first-order valence-electron chi connectivity index (χ1n) is 9.47. The summed E-state index contributed by atoms with van der Waals surface area (Å²) in [5, 5.41) is 2.81. The molecule has 0 aliphatic carbocycles. The summed E-state index contributed by atoms with van der Waals surface area (Å²) in [4.78, 5) is 12.4. The fraction of sp³-hybridized carbons (Fsp3) is 0.409. The second-order valence-corrected chi connectivity index (χ2v) is 9.57. The first kappa shape index (κ1) is 22.9. The van der Waals surface area contributed by atoms with Crippen molar-refractivity contribution in [3.8, 4) is 0 Å². The Labute approximate surface area is 173 Å². The Kier molecular flexibility index (Phi) is 7.81. The number of amides is 1. The highest BCUT2D eigenvalue weighted by atomic mass is 32.2. The van der Waals surface area contributed by atoms with Gasteiger partial charge in [0, 0.05) is 6.42 Å². The van der Waals surface area contributed by atoms with Crippen molar-refractivity contribution in [1.29, 1.82) is 0 Å². The Morgan fingerprint density at radius 1 is 0.931 bits per heavy atom. The van der Waals surface area contributed by atoms with E-state index in [1.54, 1.807) is 20.8 Å². The number of alkyl carbamates (subject to hydrolysis) is 1. The molecule has 2 rings (SSSR count). The van der Waals surface area contributed by atoms with E-state index in [9.17, 15) is 13.2 Å². The SMILES string of the molecule is CC(C)(C)OC(=O)N[C@@H](Cc1ccccc1)[C@H](Cc1ccccc1)OS(C)(=O)=O. The van der Waals surface area contributed by atoms with Crippen LogP contribution in [0.25, 0.3) is 0 Å². The summed E-state index contributed by atoms with van der Waals surface area (Å²) in [5.41, 5.74) is 1.18. The van der Waals surface area contributed by atoms with Gasteiger partial charge in [-0.05, 0) is 38.3 Å². The van der Waals surface area contributed by atoms with Gasteiger partial charge in [0.2, 0.25) is 0 Å². The minimum atomic E-state index is -3.74.